The van der Waals surface area contributed by atoms with E-state index in [0.717, 1.165) is 16.5 Å². The molecule has 5 nitrogen and oxygen atoms in total. The Kier molecular flexibility index (Phi) is 4.61. The zero-order valence-electron chi connectivity index (χ0n) is 17.3. The molecule has 2 bridgehead atoms. The topological polar surface area (TPSA) is 63.7 Å². The van der Waals surface area contributed by atoms with E-state index in [-0.39, 0.29) is 41.9 Å². The van der Waals surface area contributed by atoms with Crippen molar-refractivity contribution < 1.29 is 19.1 Å². The molecule has 1 aliphatic heterocycles. The molecule has 6 heteroatoms. The highest BCUT2D eigenvalue weighted by Crippen LogP contribution is 2.65. The molecule has 0 aromatic heterocycles. The predicted molar refractivity (Wildman–Crippen MR) is 120 cm³/mol. The lowest BCUT2D eigenvalue weighted by Gasteiger charge is -2.37. The Hall–Kier alpha value is -2.73. The molecule has 0 spiro atoms. The SMILES string of the molecule is O=C(Oc1ccc(Br)cc1)[C@H](Cc1ccccc1)N1C(=O)[C@@H]2[C@H]3C=C[C@@H]([C@@H]4C[C@H]34)[C@H]2C1=O. The monoisotopic (exact) mass is 491 g/mol. The minimum atomic E-state index is -0.984. The van der Waals surface area contributed by atoms with Crippen molar-refractivity contribution in [2.45, 2.75) is 18.9 Å². The highest BCUT2D eigenvalue weighted by molar-refractivity contribution is 9.10. The van der Waals surface area contributed by atoms with Crippen molar-refractivity contribution in [2.24, 2.45) is 35.5 Å². The lowest BCUT2D eigenvalue weighted by molar-refractivity contribution is -0.153. The fourth-order valence-electron chi connectivity index (χ4n) is 6.09. The molecule has 2 aromatic carbocycles. The van der Waals surface area contributed by atoms with Gasteiger partial charge in [0.2, 0.25) is 11.8 Å². The van der Waals surface area contributed by atoms with Gasteiger partial charge in [0.05, 0.1) is 11.8 Å². The number of amides is 2. The van der Waals surface area contributed by atoms with Gasteiger partial charge in [-0.2, -0.15) is 0 Å². The van der Waals surface area contributed by atoms with Crippen LogP contribution >= 0.6 is 15.9 Å². The molecule has 0 unspecified atom stereocenters. The van der Waals surface area contributed by atoms with Crippen LogP contribution in [-0.4, -0.2) is 28.7 Å². The number of halogens is 1. The minimum Gasteiger partial charge on any atom is -0.425 e. The number of ether oxygens (including phenoxy) is 1. The Morgan fingerprint density at radius 2 is 1.53 bits per heavy atom. The second kappa shape index (κ2) is 7.41. The van der Waals surface area contributed by atoms with Crippen LogP contribution < -0.4 is 4.74 Å². The van der Waals surface area contributed by atoms with Gasteiger partial charge in [-0.25, -0.2) is 4.79 Å². The second-order valence-electron chi connectivity index (χ2n) is 9.28. The molecule has 1 saturated heterocycles. The van der Waals surface area contributed by atoms with Crippen molar-refractivity contribution in [3.8, 4) is 5.75 Å². The van der Waals surface area contributed by atoms with Crippen LogP contribution in [-0.2, 0) is 20.8 Å². The summed E-state index contributed by atoms with van der Waals surface area (Å²) in [5.74, 6) is -0.00218. The summed E-state index contributed by atoms with van der Waals surface area (Å²) in [6.45, 7) is 0. The van der Waals surface area contributed by atoms with Crippen LogP contribution in [0, 0.1) is 35.5 Å². The first kappa shape index (κ1) is 19.9. The Morgan fingerprint density at radius 1 is 0.938 bits per heavy atom. The van der Waals surface area contributed by atoms with Crippen LogP contribution in [0.2, 0.25) is 0 Å². The molecule has 4 aliphatic carbocycles. The number of hydrogen-bond donors (Lipinski definition) is 0. The van der Waals surface area contributed by atoms with E-state index in [0.29, 0.717) is 17.6 Å². The lowest BCUT2D eigenvalue weighted by Crippen LogP contribution is -2.48. The van der Waals surface area contributed by atoms with Crippen molar-refractivity contribution in [2.75, 3.05) is 0 Å². The summed E-state index contributed by atoms with van der Waals surface area (Å²) >= 11 is 3.37. The van der Waals surface area contributed by atoms with Gasteiger partial charge in [-0.05, 0) is 59.9 Å². The van der Waals surface area contributed by atoms with Crippen LogP contribution in [0.4, 0.5) is 0 Å². The van der Waals surface area contributed by atoms with E-state index in [4.69, 9.17) is 4.74 Å². The molecule has 0 radical (unpaired) electrons. The number of imide groups is 1. The van der Waals surface area contributed by atoms with Gasteiger partial charge in [0.1, 0.15) is 11.8 Å². The number of likely N-dealkylation sites (tertiary alicyclic amines) is 1. The number of carbonyl (C=O) groups excluding carboxylic acids is 3. The molecule has 2 amide bonds. The van der Waals surface area contributed by atoms with Gasteiger partial charge >= 0.3 is 5.97 Å². The summed E-state index contributed by atoms with van der Waals surface area (Å²) in [4.78, 5) is 41.8. The number of hydrogen-bond acceptors (Lipinski definition) is 4. The smallest absolute Gasteiger partial charge is 0.335 e. The molecule has 0 N–H and O–H groups in total. The van der Waals surface area contributed by atoms with Crippen LogP contribution in [0.5, 0.6) is 5.75 Å². The van der Waals surface area contributed by atoms with Crippen molar-refractivity contribution >= 4 is 33.7 Å². The third-order valence-corrected chi connectivity index (χ3v) is 8.11. The van der Waals surface area contributed by atoms with Crippen molar-refractivity contribution in [1.82, 2.24) is 4.90 Å². The molecule has 3 fully saturated rings. The first-order chi connectivity index (χ1) is 15.5. The largest absolute Gasteiger partial charge is 0.425 e. The third-order valence-electron chi connectivity index (χ3n) is 7.58. The van der Waals surface area contributed by atoms with Crippen LogP contribution in [0.3, 0.4) is 0 Å². The van der Waals surface area contributed by atoms with Gasteiger partial charge in [-0.3, -0.25) is 14.5 Å². The molecule has 2 aromatic rings. The van der Waals surface area contributed by atoms with E-state index in [2.05, 4.69) is 28.1 Å². The zero-order chi connectivity index (χ0) is 22.0. The van der Waals surface area contributed by atoms with Gasteiger partial charge in [-0.1, -0.05) is 58.4 Å². The van der Waals surface area contributed by atoms with E-state index in [1.807, 2.05) is 30.3 Å². The minimum absolute atomic E-state index is 0.122. The van der Waals surface area contributed by atoms with Gasteiger partial charge in [0, 0.05) is 10.9 Å². The van der Waals surface area contributed by atoms with Gasteiger partial charge in [0.15, 0.2) is 0 Å². The van der Waals surface area contributed by atoms with Gasteiger partial charge < -0.3 is 4.74 Å². The van der Waals surface area contributed by atoms with Crippen LogP contribution in [0.15, 0.2) is 71.2 Å². The third kappa shape index (κ3) is 3.07. The van der Waals surface area contributed by atoms with Crippen molar-refractivity contribution in [1.29, 1.82) is 0 Å². The number of rotatable bonds is 5. The average Bonchev–Trinajstić information content (AvgIpc) is 3.58. The molecular weight excluding hydrogens is 470 g/mol. The highest BCUT2D eigenvalue weighted by Gasteiger charge is 2.68. The summed E-state index contributed by atoms with van der Waals surface area (Å²) < 4.78 is 6.51. The lowest BCUT2D eigenvalue weighted by atomic mass is 9.63. The van der Waals surface area contributed by atoms with Gasteiger partial charge in [-0.15, -0.1) is 0 Å². The summed E-state index contributed by atoms with van der Waals surface area (Å²) in [7, 11) is 0. The van der Waals surface area contributed by atoms with Crippen LogP contribution in [0.1, 0.15) is 12.0 Å². The first-order valence-electron chi connectivity index (χ1n) is 11.1. The van der Waals surface area contributed by atoms with Gasteiger partial charge in [0.25, 0.3) is 0 Å². The molecule has 7 atom stereocenters. The Balaban J connectivity index is 1.33. The summed E-state index contributed by atoms with van der Waals surface area (Å²) in [5.41, 5.74) is 0.879. The first-order valence-corrected chi connectivity index (χ1v) is 11.9. The number of benzene rings is 2. The standard InChI is InChI=1S/C26H22BrNO4/c27-15-6-8-16(9-7-15)32-26(31)21(12-14-4-2-1-3-5-14)28-24(29)22-17-10-11-18(20-13-19(17)20)23(22)25(28)30/h1-11,17-23H,12-13H2/t17-,18-,19-,20+,21-,22+,23+/m0/s1. The van der Waals surface area contributed by atoms with E-state index in [9.17, 15) is 14.4 Å². The number of nitrogens with zero attached hydrogens (tertiary/aromatic N) is 1. The molecule has 1 heterocycles. The molecule has 32 heavy (non-hydrogen) atoms. The van der Waals surface area contributed by atoms with Crippen molar-refractivity contribution in [3.63, 3.8) is 0 Å². The second-order valence-corrected chi connectivity index (χ2v) is 10.2. The maximum Gasteiger partial charge on any atom is 0.335 e. The number of carbonyl (C=O) groups is 3. The molecule has 162 valence electrons. The molecular formula is C26H22BrNO4. The van der Waals surface area contributed by atoms with Crippen molar-refractivity contribution in [3.05, 3.63) is 76.8 Å². The summed E-state index contributed by atoms with van der Waals surface area (Å²) in [6.07, 6.45) is 5.62. The van der Waals surface area contributed by atoms with E-state index in [1.54, 1.807) is 24.3 Å². The van der Waals surface area contributed by atoms with E-state index >= 15 is 0 Å². The summed E-state index contributed by atoms with van der Waals surface area (Å²) in [6, 6.07) is 15.4. The number of allylic oxidation sites excluding steroid dienone is 2. The molecule has 2 saturated carbocycles. The Bertz CT molecular complexity index is 1090. The quantitative estimate of drug-likeness (QED) is 0.274. The zero-order valence-corrected chi connectivity index (χ0v) is 18.9. The summed E-state index contributed by atoms with van der Waals surface area (Å²) in [5, 5.41) is 0. The van der Waals surface area contributed by atoms with Crippen LogP contribution in [0.25, 0.3) is 0 Å². The average molecular weight is 492 g/mol. The molecule has 7 rings (SSSR count). The maximum absolute atomic E-state index is 13.6. The Labute approximate surface area is 194 Å². The normalized spacial score (nSPS) is 32.5. The fourth-order valence-corrected chi connectivity index (χ4v) is 6.36. The fraction of sp³-hybridized carbons (Fsp3) is 0.346. The predicted octanol–water partition coefficient (Wildman–Crippen LogP) is 4.02. The number of esters is 1. The van der Waals surface area contributed by atoms with E-state index < -0.39 is 12.0 Å². The maximum atomic E-state index is 13.6. The molecule has 5 aliphatic rings. The van der Waals surface area contributed by atoms with E-state index in [1.165, 1.54) is 4.90 Å². The highest BCUT2D eigenvalue weighted by atomic mass is 79.9. The Morgan fingerprint density at radius 3 is 2.12 bits per heavy atom.